The third kappa shape index (κ3) is 2.38. The fourth-order valence-corrected chi connectivity index (χ4v) is 2.02. The molecular formula is C14H11ClN4O. The van der Waals surface area contributed by atoms with Gasteiger partial charge >= 0.3 is 0 Å². The van der Waals surface area contributed by atoms with Crippen LogP contribution >= 0.6 is 11.6 Å². The van der Waals surface area contributed by atoms with Crippen molar-refractivity contribution in [1.82, 2.24) is 15.1 Å². The van der Waals surface area contributed by atoms with E-state index in [1.807, 2.05) is 6.07 Å². The molecule has 1 amide bonds. The average molecular weight is 287 g/mol. The molecule has 5 nitrogen and oxygen atoms in total. The molecule has 0 radical (unpaired) electrons. The van der Waals surface area contributed by atoms with Crippen LogP contribution in [0.4, 0.5) is 0 Å². The first-order valence-corrected chi connectivity index (χ1v) is 6.62. The second-order valence-corrected chi connectivity index (χ2v) is 5.09. The Morgan fingerprint density at radius 3 is 2.70 bits per heavy atom. The maximum Gasteiger partial charge on any atom is 0.256 e. The van der Waals surface area contributed by atoms with E-state index in [0.717, 1.165) is 12.8 Å². The lowest BCUT2D eigenvalue weighted by atomic mass is 10.2. The number of nitriles is 1. The van der Waals surface area contributed by atoms with Gasteiger partial charge in [0.25, 0.3) is 5.91 Å². The number of hydrogen-bond donors (Lipinski definition) is 1. The van der Waals surface area contributed by atoms with E-state index >= 15 is 0 Å². The highest BCUT2D eigenvalue weighted by molar-refractivity contribution is 6.30. The number of benzene rings is 1. The number of nitrogens with zero attached hydrogens (tertiary/aromatic N) is 3. The van der Waals surface area contributed by atoms with Crippen molar-refractivity contribution < 1.29 is 4.79 Å². The molecule has 1 heterocycles. The number of rotatable bonds is 3. The quantitative estimate of drug-likeness (QED) is 0.941. The highest BCUT2D eigenvalue weighted by atomic mass is 35.5. The van der Waals surface area contributed by atoms with Gasteiger partial charge in [-0.15, -0.1) is 0 Å². The lowest BCUT2D eigenvalue weighted by Gasteiger charge is -2.04. The molecule has 0 saturated heterocycles. The fraction of sp³-hybridized carbons (Fsp3) is 0.214. The number of nitrogens with one attached hydrogen (secondary N) is 1. The van der Waals surface area contributed by atoms with Crippen molar-refractivity contribution in [3.63, 3.8) is 0 Å². The lowest BCUT2D eigenvalue weighted by Crippen LogP contribution is -2.25. The monoisotopic (exact) mass is 286 g/mol. The maximum absolute atomic E-state index is 12.0. The molecule has 0 unspecified atom stereocenters. The molecule has 1 aliphatic rings. The molecule has 0 bridgehead atoms. The Bertz CT molecular complexity index is 695. The van der Waals surface area contributed by atoms with E-state index in [2.05, 4.69) is 10.4 Å². The van der Waals surface area contributed by atoms with Crippen LogP contribution in [0.5, 0.6) is 0 Å². The minimum absolute atomic E-state index is 0.227. The smallest absolute Gasteiger partial charge is 0.256 e. The summed E-state index contributed by atoms with van der Waals surface area (Å²) in [4.78, 5) is 12.0. The van der Waals surface area contributed by atoms with Gasteiger partial charge in [-0.25, -0.2) is 4.68 Å². The van der Waals surface area contributed by atoms with Gasteiger partial charge in [-0.05, 0) is 37.1 Å². The Morgan fingerprint density at radius 1 is 1.40 bits per heavy atom. The zero-order valence-corrected chi connectivity index (χ0v) is 11.3. The van der Waals surface area contributed by atoms with E-state index in [9.17, 15) is 10.1 Å². The van der Waals surface area contributed by atoms with Crippen molar-refractivity contribution >= 4 is 17.5 Å². The van der Waals surface area contributed by atoms with Crippen molar-refractivity contribution in [3.05, 3.63) is 46.7 Å². The molecule has 3 rings (SSSR count). The Labute approximate surface area is 120 Å². The van der Waals surface area contributed by atoms with Gasteiger partial charge in [-0.3, -0.25) is 4.79 Å². The zero-order chi connectivity index (χ0) is 14.1. The van der Waals surface area contributed by atoms with Crippen LogP contribution in [0.25, 0.3) is 5.69 Å². The third-order valence-corrected chi connectivity index (χ3v) is 3.36. The van der Waals surface area contributed by atoms with E-state index < -0.39 is 0 Å². The Kier molecular flexibility index (Phi) is 3.17. The van der Waals surface area contributed by atoms with Crippen LogP contribution in [0.15, 0.2) is 30.5 Å². The van der Waals surface area contributed by atoms with Gasteiger partial charge in [0.2, 0.25) is 0 Å². The summed E-state index contributed by atoms with van der Waals surface area (Å²) in [5, 5.41) is 16.9. The topological polar surface area (TPSA) is 70.7 Å². The van der Waals surface area contributed by atoms with E-state index in [1.165, 1.54) is 10.9 Å². The molecule has 0 spiro atoms. The van der Waals surface area contributed by atoms with Crippen molar-refractivity contribution in [1.29, 1.82) is 5.26 Å². The normalized spacial score (nSPS) is 13.8. The summed E-state index contributed by atoms with van der Waals surface area (Å²) in [6.07, 6.45) is 3.42. The van der Waals surface area contributed by atoms with Gasteiger partial charge in [-0.2, -0.15) is 10.4 Å². The summed E-state index contributed by atoms with van der Waals surface area (Å²) in [5.41, 5.74) is 1.22. The molecule has 1 aliphatic carbocycles. The Balaban J connectivity index is 1.96. The molecule has 0 atom stereocenters. The average Bonchev–Trinajstić information content (AvgIpc) is 3.15. The van der Waals surface area contributed by atoms with Crippen molar-refractivity contribution in [3.8, 4) is 11.8 Å². The first-order chi connectivity index (χ1) is 9.69. The molecule has 6 heteroatoms. The van der Waals surface area contributed by atoms with Gasteiger partial charge in [0.15, 0.2) is 5.69 Å². The predicted molar refractivity (Wildman–Crippen MR) is 73.8 cm³/mol. The summed E-state index contributed by atoms with van der Waals surface area (Å²) in [6, 6.07) is 9.20. The highest BCUT2D eigenvalue weighted by Gasteiger charge is 2.26. The van der Waals surface area contributed by atoms with Crippen LogP contribution in [0.2, 0.25) is 5.02 Å². The van der Waals surface area contributed by atoms with Crippen LogP contribution in [-0.4, -0.2) is 21.7 Å². The maximum atomic E-state index is 12.0. The molecule has 20 heavy (non-hydrogen) atoms. The third-order valence-electron chi connectivity index (χ3n) is 3.10. The number of hydrogen-bond acceptors (Lipinski definition) is 3. The largest absolute Gasteiger partial charge is 0.349 e. The number of amides is 1. The van der Waals surface area contributed by atoms with Gasteiger partial charge in [0.05, 0.1) is 17.4 Å². The Hall–Kier alpha value is -2.32. The number of carbonyl (C=O) groups is 1. The molecule has 1 aromatic heterocycles. The minimum atomic E-state index is -0.246. The van der Waals surface area contributed by atoms with Crippen LogP contribution < -0.4 is 5.32 Å². The number of aromatic nitrogens is 2. The minimum Gasteiger partial charge on any atom is -0.349 e. The van der Waals surface area contributed by atoms with Crippen LogP contribution in [-0.2, 0) is 0 Å². The van der Waals surface area contributed by atoms with Gasteiger partial charge in [0, 0.05) is 11.1 Å². The molecule has 1 aromatic carbocycles. The van der Waals surface area contributed by atoms with Gasteiger partial charge in [0.1, 0.15) is 6.07 Å². The SMILES string of the molecule is N#Cc1c(C(=O)NC2CC2)cnn1-c1ccc(Cl)cc1. The number of halogens is 1. The van der Waals surface area contributed by atoms with E-state index in [-0.39, 0.29) is 17.6 Å². The summed E-state index contributed by atoms with van der Waals surface area (Å²) in [5.74, 6) is -0.246. The second kappa shape index (κ2) is 4.99. The van der Waals surface area contributed by atoms with Gasteiger partial charge in [-0.1, -0.05) is 11.6 Å². The first kappa shape index (κ1) is 12.7. The molecular weight excluding hydrogens is 276 g/mol. The summed E-state index contributed by atoms with van der Waals surface area (Å²) in [6.45, 7) is 0. The zero-order valence-electron chi connectivity index (χ0n) is 10.5. The molecule has 0 aliphatic heterocycles. The Morgan fingerprint density at radius 2 is 2.10 bits per heavy atom. The standard InChI is InChI=1S/C14H11ClN4O/c15-9-1-5-11(6-2-9)19-13(7-16)12(8-17-19)14(20)18-10-3-4-10/h1-2,5-6,8,10H,3-4H2,(H,18,20). The van der Waals surface area contributed by atoms with E-state index in [0.29, 0.717) is 16.3 Å². The van der Waals surface area contributed by atoms with E-state index in [4.69, 9.17) is 11.6 Å². The second-order valence-electron chi connectivity index (χ2n) is 4.65. The van der Waals surface area contributed by atoms with Crippen molar-refractivity contribution in [2.24, 2.45) is 0 Å². The summed E-state index contributed by atoms with van der Waals surface area (Å²) < 4.78 is 1.44. The lowest BCUT2D eigenvalue weighted by molar-refractivity contribution is 0.0951. The van der Waals surface area contributed by atoms with Crippen molar-refractivity contribution in [2.75, 3.05) is 0 Å². The summed E-state index contributed by atoms with van der Waals surface area (Å²) in [7, 11) is 0. The number of carbonyl (C=O) groups excluding carboxylic acids is 1. The molecule has 1 fully saturated rings. The van der Waals surface area contributed by atoms with Crippen LogP contribution in [0.1, 0.15) is 28.9 Å². The van der Waals surface area contributed by atoms with Crippen LogP contribution in [0, 0.1) is 11.3 Å². The fourth-order valence-electron chi connectivity index (χ4n) is 1.89. The first-order valence-electron chi connectivity index (χ1n) is 6.24. The molecule has 1 saturated carbocycles. The van der Waals surface area contributed by atoms with Crippen LogP contribution in [0.3, 0.4) is 0 Å². The van der Waals surface area contributed by atoms with Crippen molar-refractivity contribution in [2.45, 2.75) is 18.9 Å². The summed E-state index contributed by atoms with van der Waals surface area (Å²) >= 11 is 5.83. The van der Waals surface area contributed by atoms with E-state index in [1.54, 1.807) is 24.3 Å². The molecule has 1 N–H and O–H groups in total. The molecule has 2 aromatic rings. The molecule has 100 valence electrons. The predicted octanol–water partition coefficient (Wildman–Crippen LogP) is 2.29. The van der Waals surface area contributed by atoms with Gasteiger partial charge < -0.3 is 5.32 Å². The highest BCUT2D eigenvalue weighted by Crippen LogP contribution is 2.21.